The van der Waals surface area contributed by atoms with Gasteiger partial charge in [-0.1, -0.05) is 24.0 Å². The number of rotatable bonds is 3. The SMILES string of the molecule is CC(F)(F)[C@@]1(C#CC2CC2)NC(=O)Nc2cc(Cc3nc(N)ncc3F)ccc21. The minimum Gasteiger partial charge on any atom is -0.368 e. The van der Waals surface area contributed by atoms with Crippen LogP contribution in [0.25, 0.3) is 0 Å². The number of nitrogens with two attached hydrogens (primary N) is 1. The number of nitrogens with zero attached hydrogens (tertiary/aromatic N) is 2. The van der Waals surface area contributed by atoms with E-state index in [0.29, 0.717) is 5.56 Å². The minimum atomic E-state index is -3.34. The van der Waals surface area contributed by atoms with Crippen LogP contribution in [0.1, 0.15) is 36.6 Å². The largest absolute Gasteiger partial charge is 0.368 e. The van der Waals surface area contributed by atoms with Crippen LogP contribution >= 0.6 is 0 Å². The molecule has 150 valence electrons. The first-order chi connectivity index (χ1) is 13.7. The van der Waals surface area contributed by atoms with Crippen LogP contribution in [0.2, 0.25) is 0 Å². The molecule has 1 aliphatic heterocycles. The summed E-state index contributed by atoms with van der Waals surface area (Å²) in [5.74, 6) is 1.53. The number of nitrogen functional groups attached to an aromatic ring is 1. The molecule has 0 saturated heterocycles. The molecule has 4 N–H and O–H groups in total. The Labute approximate surface area is 165 Å². The molecule has 2 aromatic rings. The van der Waals surface area contributed by atoms with E-state index < -0.39 is 23.3 Å². The van der Waals surface area contributed by atoms with Gasteiger partial charge < -0.3 is 16.4 Å². The standard InChI is InChI=1S/C20H18F3N5O/c1-19(22,23)20(7-6-11-2-3-11)13-5-4-12(8-15(13)27-18(29)28-20)9-16-14(21)10-25-17(24)26-16/h4-5,8,10-11H,2-3,9H2,1H3,(H2,24,25,26)(H2,27,28,29)/t20-/m0/s1. The lowest BCUT2D eigenvalue weighted by atomic mass is 9.81. The zero-order valence-corrected chi connectivity index (χ0v) is 15.5. The van der Waals surface area contributed by atoms with Gasteiger partial charge in [-0.15, -0.1) is 0 Å². The highest BCUT2D eigenvalue weighted by Crippen LogP contribution is 2.43. The second kappa shape index (κ2) is 6.65. The van der Waals surface area contributed by atoms with Gasteiger partial charge in [0.2, 0.25) is 5.95 Å². The van der Waals surface area contributed by atoms with Crippen molar-refractivity contribution < 1.29 is 18.0 Å². The van der Waals surface area contributed by atoms with Crippen molar-refractivity contribution in [3.8, 4) is 11.8 Å². The molecular weight excluding hydrogens is 383 g/mol. The van der Waals surface area contributed by atoms with Crippen LogP contribution in [-0.2, 0) is 12.0 Å². The Hall–Kier alpha value is -3.28. The Kier molecular flexibility index (Phi) is 4.37. The summed E-state index contributed by atoms with van der Waals surface area (Å²) >= 11 is 0. The predicted molar refractivity (Wildman–Crippen MR) is 101 cm³/mol. The van der Waals surface area contributed by atoms with Crippen molar-refractivity contribution in [2.24, 2.45) is 5.92 Å². The lowest BCUT2D eigenvalue weighted by Gasteiger charge is -2.40. The molecule has 2 heterocycles. The van der Waals surface area contributed by atoms with Gasteiger partial charge in [0, 0.05) is 30.5 Å². The fourth-order valence-electron chi connectivity index (χ4n) is 3.25. The molecule has 2 amide bonds. The molecule has 9 heteroatoms. The van der Waals surface area contributed by atoms with Gasteiger partial charge in [-0.05, 0) is 24.5 Å². The van der Waals surface area contributed by atoms with Crippen molar-refractivity contribution in [2.75, 3.05) is 11.1 Å². The first kappa shape index (κ1) is 19.1. The molecular formula is C20H18F3N5O. The molecule has 0 spiro atoms. The van der Waals surface area contributed by atoms with Crippen LogP contribution in [0.5, 0.6) is 0 Å². The molecule has 1 aliphatic carbocycles. The van der Waals surface area contributed by atoms with Crippen LogP contribution in [-0.4, -0.2) is 21.9 Å². The molecule has 1 fully saturated rings. The van der Waals surface area contributed by atoms with Gasteiger partial charge in [0.25, 0.3) is 5.92 Å². The lowest BCUT2D eigenvalue weighted by molar-refractivity contribution is -0.0464. The van der Waals surface area contributed by atoms with E-state index in [0.717, 1.165) is 26.0 Å². The highest BCUT2D eigenvalue weighted by Gasteiger charge is 2.55. The second-order valence-corrected chi connectivity index (χ2v) is 7.34. The average Bonchev–Trinajstić information content (AvgIpc) is 3.46. The van der Waals surface area contributed by atoms with E-state index in [9.17, 15) is 18.0 Å². The number of amides is 2. The van der Waals surface area contributed by atoms with Gasteiger partial charge in [0.1, 0.15) is 0 Å². The van der Waals surface area contributed by atoms with Gasteiger partial charge in [0.15, 0.2) is 11.4 Å². The summed E-state index contributed by atoms with van der Waals surface area (Å²) in [7, 11) is 0. The van der Waals surface area contributed by atoms with E-state index in [1.807, 2.05) is 0 Å². The monoisotopic (exact) mass is 401 g/mol. The minimum absolute atomic E-state index is 0.0540. The van der Waals surface area contributed by atoms with Crippen LogP contribution in [0, 0.1) is 23.6 Å². The Balaban J connectivity index is 1.77. The number of carbonyl (C=O) groups is 1. The van der Waals surface area contributed by atoms with Crippen molar-refractivity contribution in [3.63, 3.8) is 0 Å². The summed E-state index contributed by atoms with van der Waals surface area (Å²) < 4.78 is 43.4. The quantitative estimate of drug-likeness (QED) is 0.689. The third-order valence-electron chi connectivity index (χ3n) is 4.94. The highest BCUT2D eigenvalue weighted by molar-refractivity contribution is 5.95. The molecule has 1 aromatic heterocycles. The molecule has 2 aliphatic rings. The number of fused-ring (bicyclic) bond motifs is 1. The zero-order valence-electron chi connectivity index (χ0n) is 15.5. The maximum Gasteiger partial charge on any atom is 0.320 e. The highest BCUT2D eigenvalue weighted by atomic mass is 19.3. The maximum atomic E-state index is 14.7. The Morgan fingerprint density at radius 2 is 2.14 bits per heavy atom. The Morgan fingerprint density at radius 3 is 2.83 bits per heavy atom. The van der Waals surface area contributed by atoms with Crippen molar-refractivity contribution >= 4 is 17.7 Å². The summed E-state index contributed by atoms with van der Waals surface area (Å²) in [5, 5.41) is 4.86. The number of benzene rings is 1. The number of hydrogen-bond donors (Lipinski definition) is 3. The number of hydrogen-bond acceptors (Lipinski definition) is 4. The van der Waals surface area contributed by atoms with E-state index in [4.69, 9.17) is 5.73 Å². The molecule has 6 nitrogen and oxygen atoms in total. The molecule has 0 unspecified atom stereocenters. The van der Waals surface area contributed by atoms with Crippen molar-refractivity contribution in [1.82, 2.24) is 15.3 Å². The molecule has 0 radical (unpaired) electrons. The number of aromatic nitrogens is 2. The number of urea groups is 1. The number of nitrogens with one attached hydrogen (secondary N) is 2. The summed E-state index contributed by atoms with van der Waals surface area (Å²) in [4.78, 5) is 19.6. The number of carbonyl (C=O) groups excluding carboxylic acids is 1. The molecule has 0 bridgehead atoms. The van der Waals surface area contributed by atoms with Crippen LogP contribution in [0.15, 0.2) is 24.4 Å². The molecule has 4 rings (SSSR count). The Bertz CT molecular complexity index is 1050. The van der Waals surface area contributed by atoms with Crippen molar-refractivity contribution in [3.05, 3.63) is 47.0 Å². The zero-order chi connectivity index (χ0) is 20.8. The first-order valence-corrected chi connectivity index (χ1v) is 9.08. The van der Waals surface area contributed by atoms with Gasteiger partial charge in [0.05, 0.1) is 11.9 Å². The van der Waals surface area contributed by atoms with E-state index >= 15 is 0 Å². The smallest absolute Gasteiger partial charge is 0.320 e. The molecule has 29 heavy (non-hydrogen) atoms. The van der Waals surface area contributed by atoms with Gasteiger partial charge in [-0.2, -0.15) is 0 Å². The van der Waals surface area contributed by atoms with E-state index in [2.05, 4.69) is 32.4 Å². The Morgan fingerprint density at radius 1 is 1.38 bits per heavy atom. The number of alkyl halides is 2. The van der Waals surface area contributed by atoms with Crippen LogP contribution < -0.4 is 16.4 Å². The summed E-state index contributed by atoms with van der Waals surface area (Å²) in [6.07, 6.45) is 2.75. The third-order valence-corrected chi connectivity index (χ3v) is 4.94. The predicted octanol–water partition coefficient (Wildman–Crippen LogP) is 3.19. The van der Waals surface area contributed by atoms with E-state index in [-0.39, 0.29) is 35.2 Å². The van der Waals surface area contributed by atoms with Crippen LogP contribution in [0.3, 0.4) is 0 Å². The van der Waals surface area contributed by atoms with Crippen molar-refractivity contribution in [2.45, 2.75) is 37.6 Å². The molecule has 1 atom stereocenters. The van der Waals surface area contributed by atoms with Gasteiger partial charge in [-0.3, -0.25) is 0 Å². The van der Waals surface area contributed by atoms with Gasteiger partial charge >= 0.3 is 6.03 Å². The first-order valence-electron chi connectivity index (χ1n) is 9.08. The number of halogens is 3. The lowest BCUT2D eigenvalue weighted by Crippen LogP contribution is -2.59. The van der Waals surface area contributed by atoms with Crippen LogP contribution in [0.4, 0.5) is 29.6 Å². The number of anilines is 2. The summed E-state index contributed by atoms with van der Waals surface area (Å²) in [6, 6.07) is 3.79. The molecule has 1 saturated carbocycles. The fourth-order valence-corrected chi connectivity index (χ4v) is 3.25. The average molecular weight is 401 g/mol. The fraction of sp³-hybridized carbons (Fsp3) is 0.350. The van der Waals surface area contributed by atoms with E-state index in [1.54, 1.807) is 6.07 Å². The van der Waals surface area contributed by atoms with Gasteiger partial charge in [-0.25, -0.2) is 27.9 Å². The molecule has 1 aromatic carbocycles. The third kappa shape index (κ3) is 3.58. The van der Waals surface area contributed by atoms with E-state index in [1.165, 1.54) is 12.1 Å². The maximum absolute atomic E-state index is 14.7. The second-order valence-electron chi connectivity index (χ2n) is 7.34. The van der Waals surface area contributed by atoms with Crippen molar-refractivity contribution in [1.29, 1.82) is 0 Å². The summed E-state index contributed by atoms with van der Waals surface area (Å²) in [5.41, 5.74) is 4.34. The summed E-state index contributed by atoms with van der Waals surface area (Å²) in [6.45, 7) is 0.733. The topological polar surface area (TPSA) is 92.9 Å². The normalized spacial score (nSPS) is 20.8.